The van der Waals surface area contributed by atoms with Gasteiger partial charge in [0.25, 0.3) is 0 Å². The van der Waals surface area contributed by atoms with Crippen LogP contribution in [0, 0.1) is 0 Å². The first-order valence-corrected chi connectivity index (χ1v) is 4.02. The predicted octanol–water partition coefficient (Wildman–Crippen LogP) is 0.254. The van der Waals surface area contributed by atoms with Crippen molar-refractivity contribution in [2.75, 3.05) is 7.05 Å². The van der Waals surface area contributed by atoms with Crippen LogP contribution in [0.15, 0.2) is 0 Å². The third-order valence-electron chi connectivity index (χ3n) is 1.96. The lowest BCUT2D eigenvalue weighted by molar-refractivity contribution is -0.149. The summed E-state index contributed by atoms with van der Waals surface area (Å²) < 4.78 is 0. The summed E-state index contributed by atoms with van der Waals surface area (Å²) >= 11 is 0. The Kier molecular flexibility index (Phi) is 4.40. The molecule has 76 valence electrons. The highest BCUT2D eigenvalue weighted by Gasteiger charge is 2.26. The van der Waals surface area contributed by atoms with Gasteiger partial charge in [0.1, 0.15) is 6.04 Å². The third kappa shape index (κ3) is 3.89. The number of carbonyl (C=O) groups is 2. The monoisotopic (exact) mass is 189 g/mol. The van der Waals surface area contributed by atoms with Crippen molar-refractivity contribution >= 4 is 11.9 Å². The number of likely N-dealkylation sites (N-methyl/N-ethyl adjacent to an activating group) is 1. The molecule has 0 saturated carbocycles. The molecule has 0 aliphatic carbocycles. The molecule has 0 heterocycles. The van der Waals surface area contributed by atoms with Crippen LogP contribution in [-0.4, -0.2) is 46.2 Å². The zero-order valence-electron chi connectivity index (χ0n) is 8.02. The quantitative estimate of drug-likeness (QED) is 0.648. The number of carboxylic acid groups (broad SMARTS) is 2. The van der Waals surface area contributed by atoms with Crippen molar-refractivity contribution in [2.45, 2.75) is 32.4 Å². The molecular weight excluding hydrogens is 174 g/mol. The summed E-state index contributed by atoms with van der Waals surface area (Å²) in [6, 6.07) is -0.932. The number of hydrogen-bond acceptors (Lipinski definition) is 3. The lowest BCUT2D eigenvalue weighted by Crippen LogP contribution is -2.43. The molecule has 0 saturated heterocycles. The average molecular weight is 189 g/mol. The molecule has 0 rings (SSSR count). The highest BCUT2D eigenvalue weighted by atomic mass is 16.4. The minimum absolute atomic E-state index is 0.0143. The van der Waals surface area contributed by atoms with Gasteiger partial charge in [-0.1, -0.05) is 0 Å². The molecule has 0 aromatic rings. The summed E-state index contributed by atoms with van der Waals surface area (Å²) in [5, 5.41) is 17.2. The predicted molar refractivity (Wildman–Crippen MR) is 46.6 cm³/mol. The van der Waals surface area contributed by atoms with E-state index in [1.165, 1.54) is 4.90 Å². The Morgan fingerprint density at radius 1 is 1.31 bits per heavy atom. The zero-order chi connectivity index (χ0) is 10.6. The Morgan fingerprint density at radius 3 is 2.00 bits per heavy atom. The number of aliphatic carboxylic acids is 2. The second kappa shape index (κ2) is 4.81. The van der Waals surface area contributed by atoms with Crippen LogP contribution in [0.1, 0.15) is 20.3 Å². The third-order valence-corrected chi connectivity index (χ3v) is 1.96. The molecule has 13 heavy (non-hydrogen) atoms. The zero-order valence-corrected chi connectivity index (χ0v) is 8.02. The van der Waals surface area contributed by atoms with Crippen molar-refractivity contribution in [3.63, 3.8) is 0 Å². The molecule has 5 heteroatoms. The second-order valence-corrected chi connectivity index (χ2v) is 3.21. The first kappa shape index (κ1) is 11.9. The summed E-state index contributed by atoms with van der Waals surface area (Å²) in [6.45, 7) is 3.63. The van der Waals surface area contributed by atoms with Crippen LogP contribution < -0.4 is 0 Å². The minimum atomic E-state index is -1.10. The molecule has 0 aromatic heterocycles. The van der Waals surface area contributed by atoms with E-state index >= 15 is 0 Å². The molecule has 1 atom stereocenters. The smallest absolute Gasteiger partial charge is 0.321 e. The van der Waals surface area contributed by atoms with Crippen molar-refractivity contribution in [1.29, 1.82) is 0 Å². The summed E-state index contributed by atoms with van der Waals surface area (Å²) in [7, 11) is 1.60. The van der Waals surface area contributed by atoms with Gasteiger partial charge in [-0.15, -0.1) is 0 Å². The van der Waals surface area contributed by atoms with Crippen LogP contribution in [0.25, 0.3) is 0 Å². The lowest BCUT2D eigenvalue weighted by Gasteiger charge is -2.26. The van der Waals surface area contributed by atoms with E-state index in [-0.39, 0.29) is 12.5 Å². The first-order valence-electron chi connectivity index (χ1n) is 4.02. The number of carboxylic acids is 2. The van der Waals surface area contributed by atoms with Crippen molar-refractivity contribution < 1.29 is 19.8 Å². The topological polar surface area (TPSA) is 77.8 Å². The van der Waals surface area contributed by atoms with Gasteiger partial charge in [0.2, 0.25) is 0 Å². The van der Waals surface area contributed by atoms with Crippen LogP contribution in [0.3, 0.4) is 0 Å². The van der Waals surface area contributed by atoms with E-state index in [0.29, 0.717) is 0 Å². The van der Waals surface area contributed by atoms with E-state index in [9.17, 15) is 9.59 Å². The fourth-order valence-corrected chi connectivity index (χ4v) is 0.931. The van der Waals surface area contributed by atoms with E-state index in [1.807, 2.05) is 13.8 Å². The summed E-state index contributed by atoms with van der Waals surface area (Å²) in [5.74, 6) is -2.20. The van der Waals surface area contributed by atoms with Gasteiger partial charge < -0.3 is 10.2 Å². The molecule has 0 fully saturated rings. The van der Waals surface area contributed by atoms with Gasteiger partial charge in [0.05, 0.1) is 6.42 Å². The molecule has 0 amide bonds. The largest absolute Gasteiger partial charge is 0.481 e. The van der Waals surface area contributed by atoms with E-state index < -0.39 is 18.0 Å². The standard InChI is InChI=1S/C8H15NO4/c1-5(2)9(3)6(8(12)13)4-7(10)11/h5-6H,4H2,1-3H3,(H,10,11)(H,12,13). The van der Waals surface area contributed by atoms with E-state index in [0.717, 1.165) is 0 Å². The Morgan fingerprint density at radius 2 is 1.77 bits per heavy atom. The summed E-state index contributed by atoms with van der Waals surface area (Å²) in [4.78, 5) is 22.6. The fraction of sp³-hybridized carbons (Fsp3) is 0.750. The van der Waals surface area contributed by atoms with Gasteiger partial charge in [0, 0.05) is 6.04 Å². The maximum atomic E-state index is 10.7. The van der Waals surface area contributed by atoms with Crippen LogP contribution in [-0.2, 0) is 9.59 Å². The van der Waals surface area contributed by atoms with E-state index in [4.69, 9.17) is 10.2 Å². The molecular formula is C8H15NO4. The molecule has 0 spiro atoms. The summed E-state index contributed by atoms with van der Waals surface area (Å²) in [5.41, 5.74) is 0. The van der Waals surface area contributed by atoms with Crippen molar-refractivity contribution in [3.05, 3.63) is 0 Å². The van der Waals surface area contributed by atoms with Crippen LogP contribution in [0.4, 0.5) is 0 Å². The average Bonchev–Trinajstić information content (AvgIpc) is 1.97. The SMILES string of the molecule is CC(C)N(C)C(CC(=O)O)C(=O)O. The Hall–Kier alpha value is -1.10. The second-order valence-electron chi connectivity index (χ2n) is 3.21. The molecule has 0 aliphatic rings. The normalized spacial score (nSPS) is 13.3. The molecule has 0 aromatic carbocycles. The Bertz CT molecular complexity index is 202. The molecule has 0 bridgehead atoms. The van der Waals surface area contributed by atoms with Crippen LogP contribution in [0.2, 0.25) is 0 Å². The fourth-order valence-electron chi connectivity index (χ4n) is 0.931. The number of hydrogen-bond donors (Lipinski definition) is 2. The molecule has 1 unspecified atom stereocenters. The molecule has 2 N–H and O–H groups in total. The molecule has 0 aliphatic heterocycles. The van der Waals surface area contributed by atoms with Crippen molar-refractivity contribution in [2.24, 2.45) is 0 Å². The lowest BCUT2D eigenvalue weighted by atomic mass is 10.1. The maximum absolute atomic E-state index is 10.7. The first-order chi connectivity index (χ1) is 5.86. The maximum Gasteiger partial charge on any atom is 0.321 e. The van der Waals surface area contributed by atoms with E-state index in [1.54, 1.807) is 7.05 Å². The summed E-state index contributed by atoms with van der Waals surface area (Å²) in [6.07, 6.45) is -0.371. The Labute approximate surface area is 77.0 Å². The Balaban J connectivity index is 4.41. The molecule has 5 nitrogen and oxygen atoms in total. The van der Waals surface area contributed by atoms with Gasteiger partial charge in [-0.05, 0) is 20.9 Å². The van der Waals surface area contributed by atoms with Crippen molar-refractivity contribution in [3.8, 4) is 0 Å². The number of rotatable bonds is 5. The highest BCUT2D eigenvalue weighted by molar-refractivity contribution is 5.80. The van der Waals surface area contributed by atoms with Gasteiger partial charge in [-0.3, -0.25) is 14.5 Å². The van der Waals surface area contributed by atoms with Crippen LogP contribution in [0.5, 0.6) is 0 Å². The minimum Gasteiger partial charge on any atom is -0.481 e. The van der Waals surface area contributed by atoms with Gasteiger partial charge in [-0.25, -0.2) is 0 Å². The number of nitrogens with zero attached hydrogens (tertiary/aromatic N) is 1. The van der Waals surface area contributed by atoms with Crippen LogP contribution >= 0.6 is 0 Å². The van der Waals surface area contributed by atoms with Gasteiger partial charge in [0.15, 0.2) is 0 Å². The highest BCUT2D eigenvalue weighted by Crippen LogP contribution is 2.06. The van der Waals surface area contributed by atoms with Crippen molar-refractivity contribution in [1.82, 2.24) is 4.90 Å². The molecule has 0 radical (unpaired) electrons. The van der Waals surface area contributed by atoms with Gasteiger partial charge >= 0.3 is 11.9 Å². The van der Waals surface area contributed by atoms with E-state index in [2.05, 4.69) is 0 Å². The van der Waals surface area contributed by atoms with Gasteiger partial charge in [-0.2, -0.15) is 0 Å².